The smallest absolute Gasteiger partial charge is 1.00 e. The second-order valence-corrected chi connectivity index (χ2v) is 15.5. The third kappa shape index (κ3) is 34.2. The summed E-state index contributed by atoms with van der Waals surface area (Å²) < 4.78 is 41.8. The number of aromatic nitrogens is 1. The normalized spacial score (nSPS) is 12.5. The maximum atomic E-state index is 11.8. The average molecular weight is 991 g/mol. The minimum atomic E-state index is -3.28. The summed E-state index contributed by atoms with van der Waals surface area (Å²) in [5, 5.41) is 12.1. The van der Waals surface area contributed by atoms with Crippen LogP contribution in [0.1, 0.15) is 123 Å². The van der Waals surface area contributed by atoms with Crippen molar-refractivity contribution in [3.05, 3.63) is 126 Å². The van der Waals surface area contributed by atoms with Crippen molar-refractivity contribution in [1.82, 2.24) is 4.98 Å². The first-order valence-electron chi connectivity index (χ1n) is 23.5. The maximum Gasteiger partial charge on any atom is 1.00 e. The number of nitrogens with one attached hydrogen (secondary N) is 1. The molecule has 0 bridgehead atoms. The monoisotopic (exact) mass is 991 g/mol. The second-order valence-electron chi connectivity index (χ2n) is 13.4. The molecule has 2 unspecified atom stereocenters. The van der Waals surface area contributed by atoms with E-state index >= 15 is 0 Å². The molecule has 5 rings (SSSR count). The van der Waals surface area contributed by atoms with E-state index < -0.39 is 19.5 Å². The zero-order chi connectivity index (χ0) is 51.6. The number of anilines is 1. The zero-order valence-electron chi connectivity index (χ0n) is 44.5. The summed E-state index contributed by atoms with van der Waals surface area (Å²) >= 11 is 0. The van der Waals surface area contributed by atoms with Crippen LogP contribution in [-0.4, -0.2) is 87.1 Å². The largest absolute Gasteiger partial charge is 1.00 e. The van der Waals surface area contributed by atoms with Crippen LogP contribution in [0.15, 0.2) is 103 Å². The van der Waals surface area contributed by atoms with Gasteiger partial charge in [-0.05, 0) is 113 Å². The topological polar surface area (TPSA) is 186 Å². The molecule has 1 aliphatic rings. The van der Waals surface area contributed by atoms with Crippen molar-refractivity contribution >= 4 is 43.7 Å². The summed E-state index contributed by atoms with van der Waals surface area (Å²) in [5.41, 5.74) is 4.07. The van der Waals surface area contributed by atoms with Crippen molar-refractivity contribution in [3.63, 3.8) is 0 Å². The summed E-state index contributed by atoms with van der Waals surface area (Å²) in [5.74, 6) is 1.63. The van der Waals surface area contributed by atoms with Crippen LogP contribution in [0.25, 0.3) is 6.08 Å². The summed E-state index contributed by atoms with van der Waals surface area (Å²) in [4.78, 5) is 47.1. The van der Waals surface area contributed by atoms with Gasteiger partial charge < -0.3 is 39.8 Å². The van der Waals surface area contributed by atoms with Crippen molar-refractivity contribution in [2.45, 2.75) is 101 Å². The number of carboxylic acids is 1. The van der Waals surface area contributed by atoms with E-state index in [-0.39, 0.29) is 69.4 Å². The molecule has 4 aromatic rings. The predicted molar refractivity (Wildman–Crippen MR) is 275 cm³/mol. The van der Waals surface area contributed by atoms with Crippen LogP contribution >= 0.6 is 7.60 Å². The standard InChI is InChI=1S/C19H22N2O3.C12H14O3.C8H17O5P.C8H8O.3C2H6.Na.H/c22-19(23)13-15-12-17(15)14-5-7-16(8-6-14)24-11-3-10-21-18-4-1-2-9-20-18;1-3-15-12(13)9-6-10-4-7-11(14-2)8-5-10;1-4-11-8(9)7-14(10,12-5-2)13-6-3;1-7-2-4-8(6-9)5-3-7;3*1-2;;/h1-2,4-9,15,17H,3,10-13H2,(H,20,21)(H,22,23);4-9H,3H2,1-2H3;4-7H2,1-3H3;2-6H,1H3;3*1-2H3;;/q;;;;;;;+1;-1. The predicted octanol–water partition coefficient (Wildman–Crippen LogP) is 9.63. The first kappa shape index (κ1) is 68.4. The van der Waals surface area contributed by atoms with E-state index in [4.69, 9.17) is 28.4 Å². The van der Waals surface area contributed by atoms with Gasteiger partial charge in [0, 0.05) is 30.8 Å². The van der Waals surface area contributed by atoms with E-state index in [1.165, 1.54) is 17.2 Å². The molecule has 1 aliphatic carbocycles. The number of esters is 2. The number of aryl methyl sites for hydroxylation is 1. The molecule has 2 N–H and O–H groups in total. The Kier molecular flexibility index (Phi) is 44.0. The molecular weight excluding hydrogens is 911 g/mol. The molecule has 0 radical (unpaired) electrons. The Morgan fingerprint density at radius 1 is 0.783 bits per heavy atom. The van der Waals surface area contributed by atoms with Crippen LogP contribution in [-0.2, 0) is 37.5 Å². The number of ether oxygens (including phenoxy) is 4. The second kappa shape index (κ2) is 44.4. The molecular formula is C53H80N2NaO12P. The van der Waals surface area contributed by atoms with E-state index in [1.54, 1.807) is 47.1 Å². The fourth-order valence-corrected chi connectivity index (χ4v) is 6.92. The van der Waals surface area contributed by atoms with Crippen LogP contribution in [0.2, 0.25) is 0 Å². The molecule has 0 spiro atoms. The van der Waals surface area contributed by atoms with Gasteiger partial charge in [0.25, 0.3) is 0 Å². The Morgan fingerprint density at radius 2 is 1.35 bits per heavy atom. The van der Waals surface area contributed by atoms with Crippen molar-refractivity contribution in [2.24, 2.45) is 5.92 Å². The fourth-order valence-electron chi connectivity index (χ4n) is 5.46. The van der Waals surface area contributed by atoms with E-state index in [2.05, 4.69) is 15.0 Å². The van der Waals surface area contributed by atoms with Gasteiger partial charge in [-0.1, -0.05) is 102 Å². The van der Waals surface area contributed by atoms with Gasteiger partial charge in [-0.25, -0.2) is 9.78 Å². The minimum Gasteiger partial charge on any atom is -1.00 e. The summed E-state index contributed by atoms with van der Waals surface area (Å²) in [6.07, 6.45) is 7.55. The molecule has 69 heavy (non-hydrogen) atoms. The van der Waals surface area contributed by atoms with Gasteiger partial charge in [-0.3, -0.25) is 18.9 Å². The molecule has 1 saturated carbocycles. The summed E-state index contributed by atoms with van der Waals surface area (Å²) in [6.45, 7) is 23.4. The van der Waals surface area contributed by atoms with Gasteiger partial charge in [0.2, 0.25) is 0 Å². The van der Waals surface area contributed by atoms with E-state index in [9.17, 15) is 23.7 Å². The number of aldehydes is 1. The fraction of sp³-hybridized carbons (Fsp3) is 0.453. The number of benzene rings is 3. The quantitative estimate of drug-likeness (QED) is 0.0201. The molecule has 14 nitrogen and oxygen atoms in total. The number of pyridine rings is 1. The van der Waals surface area contributed by atoms with Gasteiger partial charge in [-0.2, -0.15) is 0 Å². The number of hydrogen-bond acceptors (Lipinski definition) is 13. The summed E-state index contributed by atoms with van der Waals surface area (Å²) in [6, 6.07) is 28.7. The number of rotatable bonds is 21. The average Bonchev–Trinajstić information content (AvgIpc) is 4.12. The van der Waals surface area contributed by atoms with Crippen LogP contribution in [0.5, 0.6) is 11.5 Å². The zero-order valence-corrected chi connectivity index (χ0v) is 46.4. The SMILES string of the molecule is CC.CC.CC.CCOC(=O)C=Cc1ccc(OC)cc1.CCOC(=O)CP(=O)(OCC)OCC.Cc1ccc(C=O)cc1.O=C(O)CC1CC1c1ccc(OCCCNc2ccccn2)cc1.[H-].[Na+]. The molecule has 1 heterocycles. The van der Waals surface area contributed by atoms with Crippen molar-refractivity contribution in [2.75, 3.05) is 58.2 Å². The van der Waals surface area contributed by atoms with Gasteiger partial charge >= 0.3 is 55.1 Å². The summed E-state index contributed by atoms with van der Waals surface area (Å²) in [7, 11) is -1.67. The Balaban J connectivity index is -0.000000416. The third-order valence-corrected chi connectivity index (χ3v) is 10.5. The van der Waals surface area contributed by atoms with Crippen LogP contribution in [0.3, 0.4) is 0 Å². The number of carbonyl (C=O) groups excluding carboxylic acids is 3. The van der Waals surface area contributed by atoms with Gasteiger partial charge in [0.15, 0.2) is 0 Å². The number of hydrogen-bond donors (Lipinski definition) is 2. The molecule has 0 aliphatic heterocycles. The van der Waals surface area contributed by atoms with Gasteiger partial charge in [0.1, 0.15) is 29.8 Å². The molecule has 0 saturated heterocycles. The van der Waals surface area contributed by atoms with Crippen molar-refractivity contribution in [3.8, 4) is 11.5 Å². The number of aliphatic carboxylic acids is 1. The first-order valence-corrected chi connectivity index (χ1v) is 25.3. The number of carboxylic acid groups (broad SMARTS) is 1. The van der Waals surface area contributed by atoms with E-state index in [1.807, 2.05) is 139 Å². The maximum absolute atomic E-state index is 11.8. The van der Waals surface area contributed by atoms with Crippen molar-refractivity contribution < 1.29 is 87.8 Å². The Bertz CT molecular complexity index is 1970. The number of nitrogens with zero attached hydrogens (tertiary/aromatic N) is 1. The molecule has 380 valence electrons. The number of methoxy groups -OCH3 is 1. The third-order valence-electron chi connectivity index (χ3n) is 8.54. The van der Waals surface area contributed by atoms with Crippen molar-refractivity contribution in [1.29, 1.82) is 0 Å². The molecule has 2 atom stereocenters. The Morgan fingerprint density at radius 3 is 1.84 bits per heavy atom. The minimum absolute atomic E-state index is 0. The van der Waals surface area contributed by atoms with Gasteiger partial charge in [0.05, 0.1) is 40.1 Å². The van der Waals surface area contributed by atoms with E-state index in [0.29, 0.717) is 25.0 Å². The molecule has 0 amide bonds. The molecule has 1 aromatic heterocycles. The van der Waals surface area contributed by atoms with Crippen LogP contribution in [0, 0.1) is 12.8 Å². The van der Waals surface area contributed by atoms with Gasteiger partial charge in [-0.15, -0.1) is 0 Å². The number of carbonyl (C=O) groups is 4. The first-order chi connectivity index (χ1) is 32.9. The van der Waals surface area contributed by atoms with Crippen LogP contribution < -0.4 is 44.3 Å². The van der Waals surface area contributed by atoms with Crippen LogP contribution in [0.4, 0.5) is 5.82 Å². The molecule has 3 aromatic carbocycles. The Labute approximate surface area is 436 Å². The molecule has 16 heteroatoms. The molecule has 1 fully saturated rings. The Hall–Kier alpha value is -4.82. The van der Waals surface area contributed by atoms with E-state index in [0.717, 1.165) is 54.1 Å².